The van der Waals surface area contributed by atoms with Gasteiger partial charge in [-0.05, 0) is 37.8 Å². The average Bonchev–Trinajstić information content (AvgIpc) is 3.28. The van der Waals surface area contributed by atoms with E-state index < -0.39 is 11.4 Å². The molecule has 1 saturated heterocycles. The lowest BCUT2D eigenvalue weighted by Crippen LogP contribution is -2.38. The number of hydrogen-bond acceptors (Lipinski definition) is 3. The van der Waals surface area contributed by atoms with E-state index in [2.05, 4.69) is 10.4 Å². The molecule has 1 saturated carbocycles. The lowest BCUT2D eigenvalue weighted by atomic mass is 9.81. The van der Waals surface area contributed by atoms with Gasteiger partial charge in [-0.25, -0.2) is 9.48 Å². The van der Waals surface area contributed by atoms with Gasteiger partial charge in [-0.3, -0.25) is 10.1 Å². The number of urea groups is 1. The number of carbonyl (C=O) groups is 2. The standard InChI is InChI=1S/C19H22N4O3/c1-13-10-16(21-23(13)15-7-3-2-4-8-15)20-18(26)22-11-14-6-5-9-19(14,12-22)17(24)25/h2-4,7-8,10,14H,5-6,9,11-12H2,1H3,(H,24,25)(H,20,21,26)/t14-,19+/m0/s1. The van der Waals surface area contributed by atoms with Crippen LogP contribution in [0.15, 0.2) is 36.4 Å². The second kappa shape index (κ2) is 6.16. The minimum absolute atomic E-state index is 0.0503. The van der Waals surface area contributed by atoms with Crippen LogP contribution in [0, 0.1) is 18.3 Å². The first-order valence-corrected chi connectivity index (χ1v) is 8.91. The van der Waals surface area contributed by atoms with Crippen LogP contribution in [0.1, 0.15) is 25.0 Å². The van der Waals surface area contributed by atoms with Gasteiger partial charge in [0.25, 0.3) is 0 Å². The fourth-order valence-corrected chi connectivity index (χ4v) is 4.35. The first-order valence-electron chi connectivity index (χ1n) is 8.91. The van der Waals surface area contributed by atoms with Gasteiger partial charge >= 0.3 is 12.0 Å². The van der Waals surface area contributed by atoms with Crippen molar-refractivity contribution in [1.82, 2.24) is 14.7 Å². The van der Waals surface area contributed by atoms with Gasteiger partial charge in [0.1, 0.15) is 0 Å². The van der Waals surface area contributed by atoms with Crippen LogP contribution >= 0.6 is 0 Å². The smallest absolute Gasteiger partial charge is 0.323 e. The van der Waals surface area contributed by atoms with Crippen LogP contribution in [0.3, 0.4) is 0 Å². The van der Waals surface area contributed by atoms with Crippen LogP contribution in [0.5, 0.6) is 0 Å². The zero-order valence-corrected chi connectivity index (χ0v) is 14.7. The van der Waals surface area contributed by atoms with Crippen LogP contribution in [-0.2, 0) is 4.79 Å². The molecule has 7 heteroatoms. The molecular formula is C19H22N4O3. The van der Waals surface area contributed by atoms with Crippen LogP contribution in [0.4, 0.5) is 10.6 Å². The summed E-state index contributed by atoms with van der Waals surface area (Å²) < 4.78 is 1.77. The molecule has 1 aromatic carbocycles. The minimum atomic E-state index is -0.778. The van der Waals surface area contributed by atoms with Crippen LogP contribution < -0.4 is 5.32 Å². The van der Waals surface area contributed by atoms with Crippen LogP contribution in [0.25, 0.3) is 5.69 Å². The molecule has 7 nitrogen and oxygen atoms in total. The van der Waals surface area contributed by atoms with Gasteiger partial charge in [-0.15, -0.1) is 5.10 Å². The second-order valence-electron chi connectivity index (χ2n) is 7.28. The molecule has 2 atom stereocenters. The molecule has 2 aliphatic rings. The fourth-order valence-electron chi connectivity index (χ4n) is 4.35. The van der Waals surface area contributed by atoms with E-state index in [1.54, 1.807) is 9.58 Å². The number of para-hydroxylation sites is 1. The first-order chi connectivity index (χ1) is 12.5. The summed E-state index contributed by atoms with van der Waals surface area (Å²) >= 11 is 0. The number of carbonyl (C=O) groups excluding carboxylic acids is 1. The Kier molecular flexibility index (Phi) is 3.94. The summed E-state index contributed by atoms with van der Waals surface area (Å²) in [5.41, 5.74) is 1.06. The van der Waals surface area contributed by atoms with Crippen molar-refractivity contribution in [3.63, 3.8) is 0 Å². The Morgan fingerprint density at radius 3 is 2.77 bits per heavy atom. The number of amides is 2. The molecule has 1 aliphatic heterocycles. The van der Waals surface area contributed by atoms with Crippen molar-refractivity contribution < 1.29 is 14.7 Å². The van der Waals surface area contributed by atoms with E-state index in [1.165, 1.54) is 0 Å². The molecule has 2 fully saturated rings. The van der Waals surface area contributed by atoms with Gasteiger partial charge < -0.3 is 10.0 Å². The third-order valence-electron chi connectivity index (χ3n) is 5.71. The lowest BCUT2D eigenvalue weighted by Gasteiger charge is -2.23. The number of anilines is 1. The highest BCUT2D eigenvalue weighted by atomic mass is 16.4. The Labute approximate surface area is 151 Å². The van der Waals surface area contributed by atoms with E-state index in [4.69, 9.17) is 0 Å². The van der Waals surface area contributed by atoms with E-state index in [1.807, 2.05) is 43.3 Å². The predicted molar refractivity (Wildman–Crippen MR) is 96.3 cm³/mol. The Morgan fingerprint density at radius 2 is 2.08 bits per heavy atom. The number of aryl methyl sites for hydroxylation is 1. The third kappa shape index (κ3) is 2.64. The highest BCUT2D eigenvalue weighted by Crippen LogP contribution is 2.48. The fraction of sp³-hybridized carbons (Fsp3) is 0.421. The molecule has 0 radical (unpaired) electrons. The maximum atomic E-state index is 12.6. The summed E-state index contributed by atoms with van der Waals surface area (Å²) in [6.07, 6.45) is 2.45. The van der Waals surface area contributed by atoms with Crippen LogP contribution in [0.2, 0.25) is 0 Å². The average molecular weight is 354 g/mol. The summed E-state index contributed by atoms with van der Waals surface area (Å²) in [6.45, 7) is 2.70. The Balaban J connectivity index is 1.49. The summed E-state index contributed by atoms with van der Waals surface area (Å²) in [7, 11) is 0. The zero-order chi connectivity index (χ0) is 18.3. The number of carboxylic acid groups (broad SMARTS) is 1. The van der Waals surface area contributed by atoms with Crippen molar-refractivity contribution >= 4 is 17.8 Å². The molecule has 136 valence electrons. The van der Waals surface area contributed by atoms with E-state index in [0.717, 1.165) is 24.2 Å². The zero-order valence-electron chi connectivity index (χ0n) is 14.7. The maximum Gasteiger partial charge on any atom is 0.323 e. The summed E-state index contributed by atoms with van der Waals surface area (Å²) in [4.78, 5) is 26.0. The van der Waals surface area contributed by atoms with Crippen LogP contribution in [-0.4, -0.2) is 44.9 Å². The number of carboxylic acids is 1. The van der Waals surface area contributed by atoms with Gasteiger partial charge in [0.15, 0.2) is 5.82 Å². The normalized spacial score (nSPS) is 24.5. The SMILES string of the molecule is Cc1cc(NC(=O)N2C[C@@H]3CCC[C@@]3(C(=O)O)C2)nn1-c1ccccc1. The Morgan fingerprint density at radius 1 is 1.31 bits per heavy atom. The van der Waals surface area contributed by atoms with E-state index in [9.17, 15) is 14.7 Å². The summed E-state index contributed by atoms with van der Waals surface area (Å²) in [5.74, 6) is -0.258. The summed E-state index contributed by atoms with van der Waals surface area (Å²) in [6, 6.07) is 11.2. The Hall–Kier alpha value is -2.83. The second-order valence-corrected chi connectivity index (χ2v) is 7.28. The van der Waals surface area contributed by atoms with Gasteiger partial charge in [0.2, 0.25) is 0 Å². The number of nitrogens with zero attached hydrogens (tertiary/aromatic N) is 3. The number of aromatic nitrogens is 2. The molecular weight excluding hydrogens is 332 g/mol. The Bertz CT molecular complexity index is 848. The van der Waals surface area contributed by atoms with Crippen molar-refractivity contribution in [3.05, 3.63) is 42.1 Å². The number of likely N-dealkylation sites (tertiary alicyclic amines) is 1. The molecule has 0 bridgehead atoms. The number of rotatable bonds is 3. The minimum Gasteiger partial charge on any atom is -0.481 e. The number of hydrogen-bond donors (Lipinski definition) is 2. The monoisotopic (exact) mass is 354 g/mol. The molecule has 0 unspecified atom stereocenters. The van der Waals surface area contributed by atoms with Crippen molar-refractivity contribution in [2.24, 2.45) is 11.3 Å². The van der Waals surface area contributed by atoms with Crippen molar-refractivity contribution in [1.29, 1.82) is 0 Å². The van der Waals surface area contributed by atoms with E-state index in [-0.39, 0.29) is 18.5 Å². The molecule has 4 rings (SSSR count). The topological polar surface area (TPSA) is 87.5 Å². The highest BCUT2D eigenvalue weighted by molar-refractivity contribution is 5.90. The first kappa shape index (κ1) is 16.6. The maximum absolute atomic E-state index is 12.6. The van der Waals surface area contributed by atoms with Gasteiger partial charge in [-0.2, -0.15) is 0 Å². The van der Waals surface area contributed by atoms with Crippen molar-refractivity contribution in [2.45, 2.75) is 26.2 Å². The number of nitrogens with one attached hydrogen (secondary N) is 1. The lowest BCUT2D eigenvalue weighted by molar-refractivity contribution is -0.149. The quantitative estimate of drug-likeness (QED) is 0.887. The largest absolute Gasteiger partial charge is 0.481 e. The molecule has 2 heterocycles. The molecule has 26 heavy (non-hydrogen) atoms. The highest BCUT2D eigenvalue weighted by Gasteiger charge is 2.55. The number of aliphatic carboxylic acids is 1. The molecule has 2 amide bonds. The van der Waals surface area contributed by atoms with E-state index >= 15 is 0 Å². The molecule has 1 aliphatic carbocycles. The van der Waals surface area contributed by atoms with E-state index in [0.29, 0.717) is 18.8 Å². The molecule has 2 aromatic rings. The molecule has 1 aromatic heterocycles. The molecule has 0 spiro atoms. The van der Waals surface area contributed by atoms with Gasteiger partial charge in [-0.1, -0.05) is 24.6 Å². The summed E-state index contributed by atoms with van der Waals surface area (Å²) in [5, 5.41) is 16.9. The molecule has 2 N–H and O–H groups in total. The number of benzene rings is 1. The van der Waals surface area contributed by atoms with Crippen molar-refractivity contribution in [2.75, 3.05) is 18.4 Å². The third-order valence-corrected chi connectivity index (χ3v) is 5.71. The number of fused-ring (bicyclic) bond motifs is 1. The van der Waals surface area contributed by atoms with Gasteiger partial charge in [0.05, 0.1) is 11.1 Å². The van der Waals surface area contributed by atoms with Gasteiger partial charge in [0, 0.05) is 24.8 Å². The van der Waals surface area contributed by atoms with Crippen molar-refractivity contribution in [3.8, 4) is 5.69 Å². The predicted octanol–water partition coefficient (Wildman–Crippen LogP) is 2.90.